The molecule has 1 N–H and O–H groups in total. The van der Waals surface area contributed by atoms with Gasteiger partial charge in [-0.05, 0) is 30.2 Å². The average Bonchev–Trinajstić information content (AvgIpc) is 2.88. The van der Waals surface area contributed by atoms with Gasteiger partial charge in [0.15, 0.2) is 5.13 Å². The van der Waals surface area contributed by atoms with E-state index in [1.165, 1.54) is 23.5 Å². The van der Waals surface area contributed by atoms with Crippen LogP contribution in [0.3, 0.4) is 0 Å². The van der Waals surface area contributed by atoms with Crippen LogP contribution < -0.4 is 5.32 Å². The van der Waals surface area contributed by atoms with Crippen molar-refractivity contribution in [1.29, 1.82) is 0 Å². The van der Waals surface area contributed by atoms with Crippen molar-refractivity contribution in [2.75, 3.05) is 5.32 Å². The molecule has 0 aliphatic carbocycles. The maximum atomic E-state index is 13.1. The Hall–Kier alpha value is -2.53. The van der Waals surface area contributed by atoms with Gasteiger partial charge >= 0.3 is 0 Å². The van der Waals surface area contributed by atoms with Crippen molar-refractivity contribution in [3.05, 3.63) is 71.7 Å². The van der Waals surface area contributed by atoms with E-state index in [4.69, 9.17) is 0 Å². The monoisotopic (exact) mass is 326 g/mol. The Bertz CT molecular complexity index is 830. The van der Waals surface area contributed by atoms with E-state index in [1.54, 1.807) is 12.1 Å². The number of halogens is 1. The number of nitrogens with zero attached hydrogens (tertiary/aromatic N) is 1. The Kier molecular flexibility index (Phi) is 4.48. The lowest BCUT2D eigenvalue weighted by Gasteiger charge is -2.02. The van der Waals surface area contributed by atoms with Crippen molar-refractivity contribution in [3.63, 3.8) is 0 Å². The lowest BCUT2D eigenvalue weighted by Crippen LogP contribution is -2.14. The number of benzene rings is 2. The maximum absolute atomic E-state index is 13.1. The molecule has 3 nitrogen and oxygen atoms in total. The Labute approximate surface area is 137 Å². The number of carbonyl (C=O) groups excluding carboxylic acids is 1. The lowest BCUT2D eigenvalue weighted by atomic mass is 10.1. The minimum absolute atomic E-state index is 0.122. The normalized spacial score (nSPS) is 10.5. The number of anilines is 1. The first kappa shape index (κ1) is 15.4. The van der Waals surface area contributed by atoms with Crippen molar-refractivity contribution in [1.82, 2.24) is 4.98 Å². The number of hydrogen-bond donors (Lipinski definition) is 1. The topological polar surface area (TPSA) is 42.0 Å². The van der Waals surface area contributed by atoms with Crippen LogP contribution in [0.2, 0.25) is 0 Å². The zero-order valence-corrected chi connectivity index (χ0v) is 13.4. The third-order valence-electron chi connectivity index (χ3n) is 3.33. The van der Waals surface area contributed by atoms with Crippen LogP contribution in [0.15, 0.2) is 54.6 Å². The van der Waals surface area contributed by atoms with Crippen LogP contribution in [0.4, 0.5) is 9.52 Å². The van der Waals surface area contributed by atoms with E-state index in [2.05, 4.69) is 10.3 Å². The lowest BCUT2D eigenvalue weighted by molar-refractivity contribution is -0.115. The fraction of sp³-hybridized carbons (Fsp3) is 0.111. The molecule has 116 valence electrons. The highest BCUT2D eigenvalue weighted by atomic mass is 32.1. The largest absolute Gasteiger partial charge is 0.302 e. The zero-order chi connectivity index (χ0) is 16.2. The summed E-state index contributed by atoms with van der Waals surface area (Å²) in [5, 5.41) is 3.34. The molecule has 5 heteroatoms. The Morgan fingerprint density at radius 1 is 1.17 bits per heavy atom. The first-order chi connectivity index (χ1) is 11.1. The van der Waals surface area contributed by atoms with Crippen LogP contribution in [-0.4, -0.2) is 10.9 Å². The molecule has 1 amide bonds. The van der Waals surface area contributed by atoms with Crippen molar-refractivity contribution in [3.8, 4) is 10.4 Å². The van der Waals surface area contributed by atoms with E-state index in [-0.39, 0.29) is 18.1 Å². The number of nitrogens with one attached hydrogen (secondary N) is 1. The molecule has 0 saturated heterocycles. The predicted molar refractivity (Wildman–Crippen MR) is 91.0 cm³/mol. The van der Waals surface area contributed by atoms with Gasteiger partial charge in [0.2, 0.25) is 5.91 Å². The van der Waals surface area contributed by atoms with E-state index < -0.39 is 0 Å². The number of aryl methyl sites for hydroxylation is 1. The van der Waals surface area contributed by atoms with Crippen LogP contribution in [-0.2, 0) is 11.2 Å². The average molecular weight is 326 g/mol. The van der Waals surface area contributed by atoms with Crippen LogP contribution >= 0.6 is 11.3 Å². The molecule has 0 atom stereocenters. The smallest absolute Gasteiger partial charge is 0.230 e. The van der Waals surface area contributed by atoms with Gasteiger partial charge in [0.25, 0.3) is 0 Å². The van der Waals surface area contributed by atoms with Gasteiger partial charge in [0, 0.05) is 0 Å². The van der Waals surface area contributed by atoms with E-state index in [0.29, 0.717) is 10.7 Å². The molecule has 0 aliphatic heterocycles. The number of thiazole rings is 1. The summed E-state index contributed by atoms with van der Waals surface area (Å²) >= 11 is 1.44. The van der Waals surface area contributed by atoms with E-state index >= 15 is 0 Å². The van der Waals surface area contributed by atoms with Crippen molar-refractivity contribution in [2.24, 2.45) is 0 Å². The maximum Gasteiger partial charge on any atom is 0.230 e. The summed E-state index contributed by atoms with van der Waals surface area (Å²) in [6.45, 7) is 1.92. The summed E-state index contributed by atoms with van der Waals surface area (Å²) in [4.78, 5) is 17.5. The molecule has 23 heavy (non-hydrogen) atoms. The third-order valence-corrected chi connectivity index (χ3v) is 4.45. The van der Waals surface area contributed by atoms with E-state index in [1.807, 2.05) is 37.3 Å². The summed E-state index contributed by atoms with van der Waals surface area (Å²) in [6.07, 6.45) is 0.122. The molecular formula is C18H15FN2OS. The number of amides is 1. The summed E-state index contributed by atoms with van der Waals surface area (Å²) < 4.78 is 13.1. The summed E-state index contributed by atoms with van der Waals surface area (Å²) in [7, 11) is 0. The van der Waals surface area contributed by atoms with Crippen molar-refractivity contribution < 1.29 is 9.18 Å². The SMILES string of the molecule is Cc1nc(NC(=O)Cc2cccc(F)c2)sc1-c1ccccc1. The molecule has 0 spiro atoms. The fourth-order valence-electron chi connectivity index (χ4n) is 2.30. The van der Waals surface area contributed by atoms with Gasteiger partial charge in [-0.15, -0.1) is 0 Å². The van der Waals surface area contributed by atoms with Crippen LogP contribution in [0.5, 0.6) is 0 Å². The van der Waals surface area contributed by atoms with Gasteiger partial charge < -0.3 is 5.32 Å². The minimum atomic E-state index is -0.341. The molecule has 0 aliphatic rings. The molecule has 1 aromatic heterocycles. The first-order valence-electron chi connectivity index (χ1n) is 7.19. The van der Waals surface area contributed by atoms with Crippen LogP contribution in [0, 0.1) is 12.7 Å². The summed E-state index contributed by atoms with van der Waals surface area (Å²) in [5.74, 6) is -0.546. The molecule has 1 heterocycles. The van der Waals surface area contributed by atoms with Gasteiger partial charge in [-0.3, -0.25) is 4.79 Å². The van der Waals surface area contributed by atoms with Gasteiger partial charge in [-0.25, -0.2) is 9.37 Å². The highest BCUT2D eigenvalue weighted by Crippen LogP contribution is 2.32. The van der Waals surface area contributed by atoms with Crippen molar-refractivity contribution in [2.45, 2.75) is 13.3 Å². The van der Waals surface area contributed by atoms with Gasteiger partial charge in [0.05, 0.1) is 17.0 Å². The number of carbonyl (C=O) groups is 1. The molecule has 3 aromatic rings. The van der Waals surface area contributed by atoms with E-state index in [0.717, 1.165) is 16.1 Å². The number of rotatable bonds is 4. The Morgan fingerprint density at radius 3 is 2.70 bits per heavy atom. The molecule has 0 radical (unpaired) electrons. The number of aromatic nitrogens is 1. The second kappa shape index (κ2) is 6.71. The minimum Gasteiger partial charge on any atom is -0.302 e. The molecule has 2 aromatic carbocycles. The predicted octanol–water partition coefficient (Wildman–Crippen LogP) is 4.44. The molecule has 3 rings (SSSR count). The highest BCUT2D eigenvalue weighted by Gasteiger charge is 2.12. The van der Waals surface area contributed by atoms with E-state index in [9.17, 15) is 9.18 Å². The third kappa shape index (κ3) is 3.81. The molecular weight excluding hydrogens is 311 g/mol. The molecule has 0 saturated carbocycles. The first-order valence-corrected chi connectivity index (χ1v) is 8.00. The molecule has 0 bridgehead atoms. The Morgan fingerprint density at radius 2 is 1.96 bits per heavy atom. The standard InChI is InChI=1S/C18H15FN2OS/c1-12-17(14-7-3-2-4-8-14)23-18(20-12)21-16(22)11-13-6-5-9-15(19)10-13/h2-10H,11H2,1H3,(H,20,21,22). The second-order valence-electron chi connectivity index (χ2n) is 5.15. The van der Waals surface area contributed by atoms with Crippen LogP contribution in [0.25, 0.3) is 10.4 Å². The molecule has 0 unspecified atom stereocenters. The quantitative estimate of drug-likeness (QED) is 0.770. The molecule has 0 fully saturated rings. The summed E-state index contributed by atoms with van der Waals surface area (Å²) in [5.41, 5.74) is 2.59. The van der Waals surface area contributed by atoms with Crippen LogP contribution in [0.1, 0.15) is 11.3 Å². The summed E-state index contributed by atoms with van der Waals surface area (Å²) in [6, 6.07) is 16.0. The highest BCUT2D eigenvalue weighted by molar-refractivity contribution is 7.19. The fourth-order valence-corrected chi connectivity index (χ4v) is 3.29. The Balaban J connectivity index is 1.72. The zero-order valence-electron chi connectivity index (χ0n) is 12.5. The van der Waals surface area contributed by atoms with Crippen molar-refractivity contribution >= 4 is 22.4 Å². The van der Waals surface area contributed by atoms with Gasteiger partial charge in [0.1, 0.15) is 5.82 Å². The second-order valence-corrected chi connectivity index (χ2v) is 6.15. The number of hydrogen-bond acceptors (Lipinski definition) is 3. The van der Waals surface area contributed by atoms with Gasteiger partial charge in [-0.2, -0.15) is 0 Å². The van der Waals surface area contributed by atoms with Gasteiger partial charge in [-0.1, -0.05) is 53.8 Å².